The first-order valence-corrected chi connectivity index (χ1v) is 11.3. The summed E-state index contributed by atoms with van der Waals surface area (Å²) in [6, 6.07) is 18.8. The average molecular weight is 501 g/mol. The molecular formula is C28H24N2O7. The summed E-state index contributed by atoms with van der Waals surface area (Å²) in [6.07, 6.45) is 0.100. The van der Waals surface area contributed by atoms with Gasteiger partial charge in [0.1, 0.15) is 23.2 Å². The molecule has 4 aromatic rings. The molecule has 0 bridgehead atoms. The number of phenolic OH excluding ortho intramolecular Hbond substituents is 1. The third-order valence-electron chi connectivity index (χ3n) is 5.86. The van der Waals surface area contributed by atoms with Crippen molar-refractivity contribution in [2.24, 2.45) is 0 Å². The smallest absolute Gasteiger partial charge is 0.336 e. The number of aromatic hydroxyl groups is 1. The first-order chi connectivity index (χ1) is 17.8. The predicted molar refractivity (Wildman–Crippen MR) is 136 cm³/mol. The molecule has 188 valence electrons. The van der Waals surface area contributed by atoms with Gasteiger partial charge >= 0.3 is 11.9 Å². The van der Waals surface area contributed by atoms with Gasteiger partial charge in [-0.25, -0.2) is 14.6 Å². The summed E-state index contributed by atoms with van der Waals surface area (Å²) in [4.78, 5) is 41.9. The van der Waals surface area contributed by atoms with Crippen LogP contribution in [-0.2, 0) is 16.0 Å². The van der Waals surface area contributed by atoms with Crippen molar-refractivity contribution in [2.45, 2.75) is 12.5 Å². The fraction of sp³-hybridized carbons (Fsp3) is 0.143. The second-order valence-electron chi connectivity index (χ2n) is 8.24. The van der Waals surface area contributed by atoms with Gasteiger partial charge in [-0.1, -0.05) is 30.3 Å². The summed E-state index contributed by atoms with van der Waals surface area (Å²) < 4.78 is 10.0. The van der Waals surface area contributed by atoms with Crippen LogP contribution in [0, 0.1) is 0 Å². The lowest BCUT2D eigenvalue weighted by Crippen LogP contribution is -2.43. The quantitative estimate of drug-likeness (QED) is 0.311. The number of hydrogen-bond donors (Lipinski definition) is 3. The molecule has 9 nitrogen and oxygen atoms in total. The number of carbonyl (C=O) groups is 3. The Hall–Kier alpha value is -4.92. The van der Waals surface area contributed by atoms with Crippen LogP contribution in [0.5, 0.6) is 11.5 Å². The number of amides is 1. The van der Waals surface area contributed by atoms with E-state index < -0.39 is 23.9 Å². The van der Waals surface area contributed by atoms with Gasteiger partial charge in [0, 0.05) is 11.8 Å². The van der Waals surface area contributed by atoms with Crippen molar-refractivity contribution >= 4 is 28.7 Å². The number of carboxylic acids is 1. The Morgan fingerprint density at radius 2 is 1.59 bits per heavy atom. The topological polar surface area (TPSA) is 135 Å². The fourth-order valence-electron chi connectivity index (χ4n) is 3.92. The van der Waals surface area contributed by atoms with E-state index in [4.69, 9.17) is 9.47 Å². The van der Waals surface area contributed by atoms with E-state index in [0.29, 0.717) is 22.2 Å². The molecule has 1 amide bonds. The molecule has 0 saturated heterocycles. The molecule has 0 aliphatic heterocycles. The summed E-state index contributed by atoms with van der Waals surface area (Å²) in [5.74, 6) is -1.85. The number of hydrogen-bond acceptors (Lipinski definition) is 7. The van der Waals surface area contributed by atoms with Crippen LogP contribution in [0.2, 0.25) is 0 Å². The van der Waals surface area contributed by atoms with Crippen LogP contribution >= 0.6 is 0 Å². The number of phenols is 1. The van der Waals surface area contributed by atoms with Crippen LogP contribution in [0.4, 0.5) is 0 Å². The van der Waals surface area contributed by atoms with Crippen LogP contribution in [0.1, 0.15) is 26.4 Å². The van der Waals surface area contributed by atoms with Gasteiger partial charge in [0.25, 0.3) is 5.91 Å². The average Bonchev–Trinajstić information content (AvgIpc) is 2.92. The second-order valence-corrected chi connectivity index (χ2v) is 8.24. The first-order valence-electron chi connectivity index (χ1n) is 11.3. The maximum Gasteiger partial charge on any atom is 0.336 e. The lowest BCUT2D eigenvalue weighted by atomic mass is 10.00. The number of carbonyl (C=O) groups excluding carboxylic acids is 2. The van der Waals surface area contributed by atoms with Crippen molar-refractivity contribution in [3.05, 3.63) is 89.6 Å². The number of aromatic nitrogens is 1. The van der Waals surface area contributed by atoms with E-state index in [1.54, 1.807) is 49.6 Å². The molecule has 0 fully saturated rings. The highest BCUT2D eigenvalue weighted by Crippen LogP contribution is 2.28. The summed E-state index contributed by atoms with van der Waals surface area (Å²) in [5.41, 5.74) is 2.38. The van der Waals surface area contributed by atoms with Gasteiger partial charge in [0.15, 0.2) is 0 Å². The van der Waals surface area contributed by atoms with E-state index in [9.17, 15) is 24.6 Å². The highest BCUT2D eigenvalue weighted by atomic mass is 16.5. The standard InChI is InChI=1S/C28H24N2O7/c1-36-20-10-5-17(6-11-20)18-7-12-23-21(14-18)22(27(33)34)15-24(29-23)26(32)30-25(28(35)37-2)13-16-3-8-19(31)9-4-16/h3-12,14-15,25,31H,13H2,1-2H3,(H,30,32)(H,33,34)/t25-/m0/s1. The summed E-state index contributed by atoms with van der Waals surface area (Å²) >= 11 is 0. The second kappa shape index (κ2) is 10.8. The molecule has 4 rings (SSSR count). The van der Waals surface area contributed by atoms with E-state index in [1.165, 1.54) is 25.3 Å². The molecule has 0 aliphatic carbocycles. The Kier molecular flexibility index (Phi) is 7.34. The number of benzene rings is 3. The molecule has 3 N–H and O–H groups in total. The molecule has 0 aliphatic rings. The van der Waals surface area contributed by atoms with Gasteiger partial charge in [0.05, 0.1) is 25.3 Å². The van der Waals surface area contributed by atoms with E-state index in [0.717, 1.165) is 11.1 Å². The molecule has 0 spiro atoms. The summed E-state index contributed by atoms with van der Waals surface area (Å²) in [5, 5.41) is 22.3. The van der Waals surface area contributed by atoms with Gasteiger partial charge in [-0.2, -0.15) is 0 Å². The lowest BCUT2D eigenvalue weighted by Gasteiger charge is -2.17. The minimum absolute atomic E-state index is 0.0686. The highest BCUT2D eigenvalue weighted by Gasteiger charge is 2.25. The van der Waals surface area contributed by atoms with Crippen molar-refractivity contribution in [1.82, 2.24) is 10.3 Å². The zero-order chi connectivity index (χ0) is 26.5. The predicted octanol–water partition coefficient (Wildman–Crippen LogP) is 3.83. The number of rotatable bonds is 8. The van der Waals surface area contributed by atoms with Crippen molar-refractivity contribution in [1.29, 1.82) is 0 Å². The van der Waals surface area contributed by atoms with Crippen molar-refractivity contribution in [3.63, 3.8) is 0 Å². The molecule has 37 heavy (non-hydrogen) atoms. The number of nitrogens with zero attached hydrogens (tertiary/aromatic N) is 1. The zero-order valence-corrected chi connectivity index (χ0v) is 20.1. The molecule has 0 saturated carbocycles. The third-order valence-corrected chi connectivity index (χ3v) is 5.86. The maximum absolute atomic E-state index is 13.1. The summed E-state index contributed by atoms with van der Waals surface area (Å²) in [6.45, 7) is 0. The molecule has 1 heterocycles. The molecule has 9 heteroatoms. The SMILES string of the molecule is COC(=O)[C@H](Cc1ccc(O)cc1)NC(=O)c1cc(C(=O)O)c2cc(-c3ccc(OC)cc3)ccc2n1. The molecule has 0 radical (unpaired) electrons. The van der Waals surface area contributed by atoms with Crippen molar-refractivity contribution in [2.75, 3.05) is 14.2 Å². The summed E-state index contributed by atoms with van der Waals surface area (Å²) in [7, 11) is 2.78. The number of methoxy groups -OCH3 is 2. The normalized spacial score (nSPS) is 11.5. The number of aromatic carboxylic acids is 1. The molecule has 3 aromatic carbocycles. The minimum Gasteiger partial charge on any atom is -0.508 e. The Balaban J connectivity index is 1.66. The zero-order valence-electron chi connectivity index (χ0n) is 20.1. The van der Waals surface area contributed by atoms with Gasteiger partial charge < -0.3 is 25.0 Å². The van der Waals surface area contributed by atoms with Crippen molar-refractivity contribution in [3.8, 4) is 22.6 Å². The molecule has 1 atom stereocenters. The first kappa shape index (κ1) is 25.2. The van der Waals surface area contributed by atoms with E-state index >= 15 is 0 Å². The fourth-order valence-corrected chi connectivity index (χ4v) is 3.92. The van der Waals surface area contributed by atoms with Gasteiger partial charge in [-0.15, -0.1) is 0 Å². The Morgan fingerprint density at radius 1 is 0.919 bits per heavy atom. The third kappa shape index (κ3) is 5.67. The number of pyridine rings is 1. The van der Waals surface area contributed by atoms with Crippen LogP contribution in [-0.4, -0.2) is 53.3 Å². The number of nitrogens with one attached hydrogen (secondary N) is 1. The number of esters is 1. The number of ether oxygens (including phenoxy) is 2. The van der Waals surface area contributed by atoms with E-state index in [-0.39, 0.29) is 23.4 Å². The Bertz CT molecular complexity index is 1460. The highest BCUT2D eigenvalue weighted by molar-refractivity contribution is 6.07. The Morgan fingerprint density at radius 3 is 2.22 bits per heavy atom. The van der Waals surface area contributed by atoms with Crippen LogP contribution in [0.3, 0.4) is 0 Å². The number of fused-ring (bicyclic) bond motifs is 1. The van der Waals surface area contributed by atoms with Crippen LogP contribution < -0.4 is 10.1 Å². The van der Waals surface area contributed by atoms with Gasteiger partial charge in [-0.05, 0) is 59.2 Å². The van der Waals surface area contributed by atoms with Crippen LogP contribution in [0.25, 0.3) is 22.0 Å². The van der Waals surface area contributed by atoms with Crippen LogP contribution in [0.15, 0.2) is 72.8 Å². The van der Waals surface area contributed by atoms with Crippen molar-refractivity contribution < 1.29 is 34.1 Å². The maximum atomic E-state index is 13.1. The van der Waals surface area contributed by atoms with E-state index in [1.807, 2.05) is 12.1 Å². The van der Waals surface area contributed by atoms with E-state index in [2.05, 4.69) is 10.3 Å². The lowest BCUT2D eigenvalue weighted by molar-refractivity contribution is -0.142. The Labute approximate surface area is 212 Å². The molecule has 0 unspecified atom stereocenters. The largest absolute Gasteiger partial charge is 0.508 e. The number of carboxylic acid groups (broad SMARTS) is 1. The minimum atomic E-state index is -1.22. The molecule has 1 aromatic heterocycles. The molecular weight excluding hydrogens is 476 g/mol. The van der Waals surface area contributed by atoms with Gasteiger partial charge in [-0.3, -0.25) is 4.79 Å². The van der Waals surface area contributed by atoms with Gasteiger partial charge in [0.2, 0.25) is 0 Å². The monoisotopic (exact) mass is 500 g/mol.